The number of hydrogen-bond acceptors (Lipinski definition) is 4. The fraction of sp³-hybridized carbons (Fsp3) is 0.931. The molecule has 3 atom stereocenters. The van der Waals surface area contributed by atoms with E-state index in [1.165, 1.54) is 205 Å². The SMILES string of the molecule is C=C(CCCCCCCCC(CCCCCCCCC(=O)NCC(CCCC)CCCCCC)N(CCCN(C)C)C(=O)CCCCCCCC)NCC(CCCC)CCCCCC. The largest absolute Gasteiger partial charge is 0.389 e. The normalized spacial score (nSPS) is 13.0. The molecule has 0 aliphatic rings. The summed E-state index contributed by atoms with van der Waals surface area (Å²) in [6, 6.07) is 0.369. The monoisotopic (exact) mass is 901 g/mol. The van der Waals surface area contributed by atoms with Crippen molar-refractivity contribution in [1.29, 1.82) is 0 Å². The lowest BCUT2D eigenvalue weighted by atomic mass is 9.95. The summed E-state index contributed by atoms with van der Waals surface area (Å²) in [6.07, 6.45) is 48.9. The molecular weight excluding hydrogens is 785 g/mol. The molecule has 0 heterocycles. The van der Waals surface area contributed by atoms with Crippen molar-refractivity contribution in [2.75, 3.05) is 40.3 Å². The quantitative estimate of drug-likeness (QED) is 0.0597. The molecule has 3 unspecified atom stereocenters. The van der Waals surface area contributed by atoms with E-state index in [1.807, 2.05) is 0 Å². The van der Waals surface area contributed by atoms with Crippen molar-refractivity contribution in [2.24, 2.45) is 11.8 Å². The van der Waals surface area contributed by atoms with Gasteiger partial charge in [0.2, 0.25) is 11.8 Å². The van der Waals surface area contributed by atoms with Crippen molar-refractivity contribution in [3.63, 3.8) is 0 Å². The fourth-order valence-electron chi connectivity index (χ4n) is 9.65. The van der Waals surface area contributed by atoms with Gasteiger partial charge in [-0.15, -0.1) is 0 Å². The zero-order valence-corrected chi connectivity index (χ0v) is 44.8. The minimum absolute atomic E-state index is 0.256. The van der Waals surface area contributed by atoms with Crippen LogP contribution in [0, 0.1) is 11.8 Å². The summed E-state index contributed by atoms with van der Waals surface area (Å²) >= 11 is 0. The molecule has 0 radical (unpaired) electrons. The molecule has 0 aromatic rings. The average Bonchev–Trinajstić information content (AvgIpc) is 3.28. The van der Waals surface area contributed by atoms with Crippen LogP contribution in [0.25, 0.3) is 0 Å². The zero-order chi connectivity index (χ0) is 47.1. The van der Waals surface area contributed by atoms with Crippen LogP contribution in [-0.2, 0) is 9.59 Å². The predicted octanol–water partition coefficient (Wildman–Crippen LogP) is 16.9. The highest BCUT2D eigenvalue weighted by atomic mass is 16.2. The van der Waals surface area contributed by atoms with Crippen LogP contribution in [-0.4, -0.2) is 67.9 Å². The van der Waals surface area contributed by atoms with E-state index in [0.717, 1.165) is 83.5 Å². The van der Waals surface area contributed by atoms with Crippen molar-refractivity contribution >= 4 is 11.8 Å². The van der Waals surface area contributed by atoms with E-state index in [2.05, 4.69) is 75.7 Å². The van der Waals surface area contributed by atoms with Crippen LogP contribution in [0.3, 0.4) is 0 Å². The van der Waals surface area contributed by atoms with Crippen molar-refractivity contribution in [3.8, 4) is 0 Å². The first-order valence-electron chi connectivity index (χ1n) is 28.8. The van der Waals surface area contributed by atoms with Gasteiger partial charge in [0.15, 0.2) is 0 Å². The molecule has 6 nitrogen and oxygen atoms in total. The number of hydrogen-bond donors (Lipinski definition) is 2. The second-order valence-corrected chi connectivity index (χ2v) is 20.7. The van der Waals surface area contributed by atoms with Crippen molar-refractivity contribution in [2.45, 2.75) is 297 Å². The molecule has 0 saturated carbocycles. The van der Waals surface area contributed by atoms with Gasteiger partial charge in [-0.05, 0) is 103 Å². The van der Waals surface area contributed by atoms with E-state index >= 15 is 0 Å². The maximum Gasteiger partial charge on any atom is 0.222 e. The number of nitrogens with one attached hydrogen (secondary N) is 2. The minimum Gasteiger partial charge on any atom is -0.389 e. The molecule has 380 valence electrons. The Hall–Kier alpha value is -1.56. The average molecular weight is 902 g/mol. The molecule has 64 heavy (non-hydrogen) atoms. The van der Waals surface area contributed by atoms with E-state index < -0.39 is 0 Å². The standard InChI is InChI=1S/C58H116N4O2/c1-9-14-19-22-31-38-48-58(64)62(50-39-49-61(7)8)56(45-35-28-24-23-27-32-40-53(6)59-51-54(41-17-12-4)43-33-20-15-10-2)46-36-29-25-26-30-37-47-57(63)60-52-55(42-18-13-5)44-34-21-16-11-3/h54-56,59H,6,9-52H2,1-5,7-8H3,(H,60,63). The summed E-state index contributed by atoms with van der Waals surface area (Å²) in [7, 11) is 4.30. The number of unbranched alkanes of at least 4 members (excludes halogenated alkanes) is 23. The van der Waals surface area contributed by atoms with E-state index in [-0.39, 0.29) is 5.91 Å². The first-order chi connectivity index (χ1) is 31.2. The van der Waals surface area contributed by atoms with Crippen LogP contribution in [0.1, 0.15) is 291 Å². The Bertz CT molecular complexity index is 960. The Morgan fingerprint density at radius 1 is 0.406 bits per heavy atom. The Morgan fingerprint density at radius 2 is 0.781 bits per heavy atom. The van der Waals surface area contributed by atoms with Gasteiger partial charge in [0, 0.05) is 44.2 Å². The van der Waals surface area contributed by atoms with Crippen LogP contribution in [0.2, 0.25) is 0 Å². The maximum absolute atomic E-state index is 13.9. The summed E-state index contributed by atoms with van der Waals surface area (Å²) in [5, 5.41) is 7.03. The highest BCUT2D eigenvalue weighted by Gasteiger charge is 2.23. The molecule has 0 aliphatic heterocycles. The number of allylic oxidation sites excluding steroid dienone is 1. The Morgan fingerprint density at radius 3 is 1.27 bits per heavy atom. The third kappa shape index (κ3) is 40.7. The number of carbonyl (C=O) groups is 2. The molecule has 0 aromatic carbocycles. The second-order valence-electron chi connectivity index (χ2n) is 20.7. The minimum atomic E-state index is 0.256. The van der Waals surface area contributed by atoms with E-state index in [4.69, 9.17) is 0 Å². The summed E-state index contributed by atoms with van der Waals surface area (Å²) in [5.41, 5.74) is 1.25. The molecule has 0 saturated heterocycles. The lowest BCUT2D eigenvalue weighted by Crippen LogP contribution is -2.41. The van der Waals surface area contributed by atoms with Crippen molar-refractivity contribution in [1.82, 2.24) is 20.4 Å². The molecule has 0 bridgehead atoms. The van der Waals surface area contributed by atoms with Crippen LogP contribution in [0.5, 0.6) is 0 Å². The second kappa shape index (κ2) is 47.9. The fourth-order valence-corrected chi connectivity index (χ4v) is 9.65. The highest BCUT2D eigenvalue weighted by Crippen LogP contribution is 2.23. The zero-order valence-electron chi connectivity index (χ0n) is 44.8. The third-order valence-corrected chi connectivity index (χ3v) is 14.1. The van der Waals surface area contributed by atoms with Gasteiger partial charge in [0.25, 0.3) is 0 Å². The van der Waals surface area contributed by atoms with E-state index in [1.54, 1.807) is 0 Å². The molecular formula is C58H116N4O2. The van der Waals surface area contributed by atoms with Crippen LogP contribution < -0.4 is 10.6 Å². The summed E-state index contributed by atoms with van der Waals surface area (Å²) in [6.45, 7) is 19.7. The number of nitrogens with zero attached hydrogens (tertiary/aromatic N) is 2. The van der Waals surface area contributed by atoms with Crippen molar-refractivity contribution in [3.05, 3.63) is 12.3 Å². The van der Waals surface area contributed by atoms with Gasteiger partial charge in [-0.2, -0.15) is 0 Å². The van der Waals surface area contributed by atoms with Gasteiger partial charge in [-0.1, -0.05) is 215 Å². The smallest absolute Gasteiger partial charge is 0.222 e. The molecule has 0 aromatic heterocycles. The van der Waals surface area contributed by atoms with Crippen LogP contribution >= 0.6 is 0 Å². The van der Waals surface area contributed by atoms with Gasteiger partial charge in [-0.25, -0.2) is 0 Å². The molecule has 0 spiro atoms. The van der Waals surface area contributed by atoms with Gasteiger partial charge in [0.1, 0.15) is 0 Å². The number of amides is 2. The Labute approximate surface area is 402 Å². The van der Waals surface area contributed by atoms with E-state index in [9.17, 15) is 9.59 Å². The molecule has 2 N–H and O–H groups in total. The number of carbonyl (C=O) groups excluding carboxylic acids is 2. The van der Waals surface area contributed by atoms with E-state index in [0.29, 0.717) is 24.3 Å². The third-order valence-electron chi connectivity index (χ3n) is 14.1. The lowest BCUT2D eigenvalue weighted by Gasteiger charge is -2.33. The summed E-state index contributed by atoms with van der Waals surface area (Å²) < 4.78 is 0. The van der Waals surface area contributed by atoms with Gasteiger partial charge < -0.3 is 20.4 Å². The first kappa shape index (κ1) is 62.4. The van der Waals surface area contributed by atoms with Gasteiger partial charge >= 0.3 is 0 Å². The highest BCUT2D eigenvalue weighted by molar-refractivity contribution is 5.76. The summed E-state index contributed by atoms with van der Waals surface area (Å²) in [5.74, 6) is 2.11. The number of rotatable bonds is 51. The van der Waals surface area contributed by atoms with Crippen molar-refractivity contribution < 1.29 is 9.59 Å². The first-order valence-corrected chi connectivity index (χ1v) is 28.8. The predicted molar refractivity (Wildman–Crippen MR) is 284 cm³/mol. The topological polar surface area (TPSA) is 64.7 Å². The molecule has 0 rings (SSSR count). The molecule has 2 amide bonds. The molecule has 0 fully saturated rings. The molecule has 0 aliphatic carbocycles. The maximum atomic E-state index is 13.9. The van der Waals surface area contributed by atoms with Crippen LogP contribution in [0.15, 0.2) is 12.3 Å². The Balaban J connectivity index is 4.96. The van der Waals surface area contributed by atoms with Crippen LogP contribution in [0.4, 0.5) is 0 Å². The summed E-state index contributed by atoms with van der Waals surface area (Å²) in [4.78, 5) is 31.3. The lowest BCUT2D eigenvalue weighted by molar-refractivity contribution is -0.134. The van der Waals surface area contributed by atoms with Gasteiger partial charge in [-0.3, -0.25) is 9.59 Å². The molecule has 6 heteroatoms. The van der Waals surface area contributed by atoms with Gasteiger partial charge in [0.05, 0.1) is 0 Å². The Kier molecular flexibility index (Phi) is 46.7.